The van der Waals surface area contributed by atoms with Crippen LogP contribution < -0.4 is 10.8 Å². The Bertz CT molecular complexity index is 1020. The van der Waals surface area contributed by atoms with Gasteiger partial charge in [-0.25, -0.2) is 10.5 Å². The van der Waals surface area contributed by atoms with Gasteiger partial charge >= 0.3 is 0 Å². The van der Waals surface area contributed by atoms with Crippen molar-refractivity contribution < 1.29 is 14.8 Å². The van der Waals surface area contributed by atoms with Crippen LogP contribution in [0.1, 0.15) is 27.3 Å². The van der Waals surface area contributed by atoms with Gasteiger partial charge in [-0.1, -0.05) is 30.3 Å². The molecule has 142 valence electrons. The zero-order valence-electron chi connectivity index (χ0n) is 15.3. The van der Waals surface area contributed by atoms with Crippen molar-refractivity contribution in [3.63, 3.8) is 0 Å². The number of nitrogens with one attached hydrogen (secondary N) is 2. The summed E-state index contributed by atoms with van der Waals surface area (Å²) in [5.41, 5.74) is 4.25. The second-order valence-electron chi connectivity index (χ2n) is 6.15. The Hall–Kier alpha value is -3.71. The molecule has 2 amide bonds. The van der Waals surface area contributed by atoms with Crippen molar-refractivity contribution >= 4 is 23.6 Å². The number of nitrogens with zero attached hydrogens (tertiary/aromatic N) is 2. The number of hydrogen-bond acceptors (Lipinski definition) is 4. The Morgan fingerprint density at radius 2 is 2.00 bits per heavy atom. The van der Waals surface area contributed by atoms with Crippen LogP contribution in [-0.4, -0.2) is 26.6 Å². The standard InChI is InChI=1S/C21H20N4O3/c1-15-22-11-12-25(15)14-16-5-4-7-18(13-16)21(27)23-19-8-3-2-6-17(19)9-10-20(26)24-28/h2-13,28H,14H2,1H3,(H,23,27)(H,24,26). The van der Waals surface area contributed by atoms with E-state index in [9.17, 15) is 9.59 Å². The number of benzene rings is 2. The van der Waals surface area contributed by atoms with Crippen LogP contribution in [0.2, 0.25) is 0 Å². The van der Waals surface area contributed by atoms with Gasteiger partial charge in [0.05, 0.1) is 0 Å². The Labute approximate surface area is 162 Å². The number of anilines is 1. The van der Waals surface area contributed by atoms with Crippen LogP contribution >= 0.6 is 0 Å². The highest BCUT2D eigenvalue weighted by molar-refractivity contribution is 6.05. The van der Waals surface area contributed by atoms with Gasteiger partial charge in [-0.3, -0.25) is 14.8 Å². The first-order chi connectivity index (χ1) is 13.6. The van der Waals surface area contributed by atoms with E-state index in [1.807, 2.05) is 35.9 Å². The van der Waals surface area contributed by atoms with Gasteiger partial charge in [-0.2, -0.15) is 0 Å². The van der Waals surface area contributed by atoms with E-state index < -0.39 is 5.91 Å². The summed E-state index contributed by atoms with van der Waals surface area (Å²) in [5, 5.41) is 11.4. The van der Waals surface area contributed by atoms with E-state index >= 15 is 0 Å². The average Bonchev–Trinajstić information content (AvgIpc) is 3.11. The summed E-state index contributed by atoms with van der Waals surface area (Å²) >= 11 is 0. The lowest BCUT2D eigenvalue weighted by molar-refractivity contribution is -0.124. The van der Waals surface area contributed by atoms with Crippen LogP contribution in [0.4, 0.5) is 5.69 Å². The van der Waals surface area contributed by atoms with Crippen molar-refractivity contribution in [2.45, 2.75) is 13.5 Å². The molecule has 0 bridgehead atoms. The van der Waals surface area contributed by atoms with E-state index in [4.69, 9.17) is 5.21 Å². The minimum absolute atomic E-state index is 0.253. The first-order valence-electron chi connectivity index (χ1n) is 8.66. The van der Waals surface area contributed by atoms with Crippen LogP contribution in [0, 0.1) is 6.92 Å². The number of hydroxylamine groups is 1. The lowest BCUT2D eigenvalue weighted by atomic mass is 10.1. The van der Waals surface area contributed by atoms with E-state index in [-0.39, 0.29) is 5.91 Å². The summed E-state index contributed by atoms with van der Waals surface area (Å²) in [7, 11) is 0. The first-order valence-corrected chi connectivity index (χ1v) is 8.66. The van der Waals surface area contributed by atoms with Gasteiger partial charge in [0.25, 0.3) is 11.8 Å². The molecule has 0 aliphatic rings. The maximum absolute atomic E-state index is 12.7. The van der Waals surface area contributed by atoms with Gasteiger partial charge in [0, 0.05) is 36.3 Å². The van der Waals surface area contributed by atoms with Crippen molar-refractivity contribution in [2.24, 2.45) is 0 Å². The molecule has 0 radical (unpaired) electrons. The molecule has 1 aromatic heterocycles. The summed E-state index contributed by atoms with van der Waals surface area (Å²) < 4.78 is 2.00. The molecular formula is C21H20N4O3. The summed E-state index contributed by atoms with van der Waals surface area (Å²) in [5.74, 6) is 0.00257. The Kier molecular flexibility index (Phi) is 5.98. The zero-order valence-corrected chi connectivity index (χ0v) is 15.3. The van der Waals surface area contributed by atoms with Crippen LogP contribution in [0.25, 0.3) is 6.08 Å². The highest BCUT2D eigenvalue weighted by Crippen LogP contribution is 2.18. The molecule has 2 aromatic carbocycles. The van der Waals surface area contributed by atoms with Crippen LogP contribution in [0.5, 0.6) is 0 Å². The molecule has 0 unspecified atom stereocenters. The molecule has 0 aliphatic heterocycles. The predicted molar refractivity (Wildman–Crippen MR) is 106 cm³/mol. The number of carbonyl (C=O) groups excluding carboxylic acids is 2. The van der Waals surface area contributed by atoms with Gasteiger partial charge in [-0.15, -0.1) is 0 Å². The summed E-state index contributed by atoms with van der Waals surface area (Å²) in [4.78, 5) is 28.1. The van der Waals surface area contributed by atoms with E-state index in [1.165, 1.54) is 17.6 Å². The molecule has 3 N–H and O–H groups in total. The molecule has 1 heterocycles. The third-order valence-corrected chi connectivity index (χ3v) is 4.20. The van der Waals surface area contributed by atoms with Crippen LogP contribution in [-0.2, 0) is 11.3 Å². The van der Waals surface area contributed by atoms with Crippen molar-refractivity contribution in [1.29, 1.82) is 0 Å². The molecule has 7 heteroatoms. The van der Waals surface area contributed by atoms with E-state index in [1.54, 1.807) is 36.5 Å². The van der Waals surface area contributed by atoms with Gasteiger partial charge in [-0.05, 0) is 42.3 Å². The first kappa shape index (κ1) is 19.1. The van der Waals surface area contributed by atoms with Crippen LogP contribution in [0.15, 0.2) is 67.0 Å². The molecule has 28 heavy (non-hydrogen) atoms. The van der Waals surface area contributed by atoms with E-state index in [2.05, 4.69) is 10.3 Å². The number of amides is 2. The van der Waals surface area contributed by atoms with Gasteiger partial charge in [0.15, 0.2) is 0 Å². The number of para-hydroxylation sites is 1. The fraction of sp³-hybridized carbons (Fsp3) is 0.0952. The molecule has 0 spiro atoms. The second kappa shape index (κ2) is 8.79. The normalized spacial score (nSPS) is 10.8. The predicted octanol–water partition coefficient (Wildman–Crippen LogP) is 3.01. The SMILES string of the molecule is Cc1nccn1Cc1cccc(C(=O)Nc2ccccc2C=CC(=O)NO)c1. The fourth-order valence-corrected chi connectivity index (χ4v) is 2.73. The topological polar surface area (TPSA) is 96.2 Å². The number of carbonyl (C=O) groups is 2. The third-order valence-electron chi connectivity index (χ3n) is 4.20. The molecule has 3 rings (SSSR count). The molecular weight excluding hydrogens is 356 g/mol. The number of rotatable bonds is 6. The average molecular weight is 376 g/mol. The summed E-state index contributed by atoms with van der Waals surface area (Å²) in [6.45, 7) is 2.56. The van der Waals surface area contributed by atoms with Gasteiger partial charge in [0.1, 0.15) is 5.82 Å². The van der Waals surface area contributed by atoms with Gasteiger partial charge in [0.2, 0.25) is 0 Å². The highest BCUT2D eigenvalue weighted by Gasteiger charge is 2.09. The molecule has 0 fully saturated rings. The lowest BCUT2D eigenvalue weighted by Gasteiger charge is -2.10. The van der Waals surface area contributed by atoms with Crippen molar-refractivity contribution in [3.8, 4) is 0 Å². The molecule has 0 aliphatic carbocycles. The maximum atomic E-state index is 12.7. The monoisotopic (exact) mass is 376 g/mol. The number of imidazole rings is 1. The molecule has 0 saturated heterocycles. The lowest BCUT2D eigenvalue weighted by Crippen LogP contribution is -2.15. The Morgan fingerprint density at radius 3 is 2.75 bits per heavy atom. The second-order valence-corrected chi connectivity index (χ2v) is 6.15. The maximum Gasteiger partial charge on any atom is 0.267 e. The molecule has 7 nitrogen and oxygen atoms in total. The van der Waals surface area contributed by atoms with Crippen molar-refractivity contribution in [1.82, 2.24) is 15.0 Å². The minimum Gasteiger partial charge on any atom is -0.331 e. The molecule has 0 saturated carbocycles. The number of hydrogen-bond donors (Lipinski definition) is 3. The molecule has 0 atom stereocenters. The Balaban J connectivity index is 1.77. The summed E-state index contributed by atoms with van der Waals surface area (Å²) in [6, 6.07) is 14.5. The smallest absolute Gasteiger partial charge is 0.267 e. The Morgan fingerprint density at radius 1 is 1.18 bits per heavy atom. The third kappa shape index (κ3) is 4.72. The molecule has 3 aromatic rings. The largest absolute Gasteiger partial charge is 0.331 e. The quantitative estimate of drug-likeness (QED) is 0.350. The zero-order chi connectivity index (χ0) is 19.9. The minimum atomic E-state index is -0.649. The highest BCUT2D eigenvalue weighted by atomic mass is 16.5. The summed E-state index contributed by atoms with van der Waals surface area (Å²) in [6.07, 6.45) is 6.33. The van der Waals surface area contributed by atoms with E-state index in [0.29, 0.717) is 23.4 Å². The van der Waals surface area contributed by atoms with E-state index in [0.717, 1.165) is 11.4 Å². The van der Waals surface area contributed by atoms with Crippen molar-refractivity contribution in [2.75, 3.05) is 5.32 Å². The van der Waals surface area contributed by atoms with Crippen LogP contribution in [0.3, 0.4) is 0 Å². The fourth-order valence-electron chi connectivity index (χ4n) is 2.73. The number of aromatic nitrogens is 2. The van der Waals surface area contributed by atoms with Gasteiger partial charge < -0.3 is 9.88 Å². The number of aryl methyl sites for hydroxylation is 1. The van der Waals surface area contributed by atoms with Crippen molar-refractivity contribution in [3.05, 3.63) is 89.5 Å².